The second-order valence-corrected chi connectivity index (χ2v) is 3.87. The molecule has 0 amide bonds. The van der Waals surface area contributed by atoms with Gasteiger partial charge in [0, 0.05) is 12.8 Å². The molecule has 1 saturated carbocycles. The Kier molecular flexibility index (Phi) is 3.77. The fraction of sp³-hybridized carbons (Fsp3) is 0.818. The fourth-order valence-electron chi connectivity index (χ4n) is 1.21. The minimum absolute atomic E-state index is 0.423. The van der Waals surface area contributed by atoms with Crippen LogP contribution in [-0.4, -0.2) is 21.9 Å². The number of aliphatic hydroxyl groups is 2. The Morgan fingerprint density at radius 3 is 2.69 bits per heavy atom. The van der Waals surface area contributed by atoms with Crippen molar-refractivity contribution >= 4 is 0 Å². The molecule has 0 unspecified atom stereocenters. The molecule has 2 heteroatoms. The third kappa shape index (κ3) is 4.31. The Labute approximate surface area is 80.0 Å². The van der Waals surface area contributed by atoms with E-state index in [0.29, 0.717) is 6.42 Å². The zero-order valence-corrected chi connectivity index (χ0v) is 8.21. The molecule has 0 radical (unpaired) electrons. The van der Waals surface area contributed by atoms with Crippen molar-refractivity contribution in [2.75, 3.05) is 0 Å². The van der Waals surface area contributed by atoms with Gasteiger partial charge in [-0.3, -0.25) is 0 Å². The van der Waals surface area contributed by atoms with E-state index in [2.05, 4.69) is 18.8 Å². The number of unbranched alkanes of at least 4 members (excludes halogenated alkanes) is 2. The molecule has 1 atom stereocenters. The highest BCUT2D eigenvalue weighted by Gasteiger charge is 2.41. The molecule has 0 aromatic heterocycles. The standard InChI is InChI=1S/C11H18O2/c1-2-3-4-5-6-10(12)9-11(13)7-8-11/h10,12-13H,2-4,7-9H2,1H3/t10-/m1/s1. The Bertz CT molecular complexity index is 208. The van der Waals surface area contributed by atoms with E-state index in [-0.39, 0.29) is 0 Å². The molecule has 2 N–H and O–H groups in total. The Morgan fingerprint density at radius 2 is 2.15 bits per heavy atom. The first-order valence-corrected chi connectivity index (χ1v) is 5.05. The molecule has 1 rings (SSSR count). The summed E-state index contributed by atoms with van der Waals surface area (Å²) < 4.78 is 0. The molecule has 0 spiro atoms. The first-order valence-electron chi connectivity index (χ1n) is 5.05. The zero-order valence-electron chi connectivity index (χ0n) is 8.21. The van der Waals surface area contributed by atoms with Gasteiger partial charge >= 0.3 is 0 Å². The van der Waals surface area contributed by atoms with Crippen LogP contribution in [0.25, 0.3) is 0 Å². The number of rotatable bonds is 4. The maximum absolute atomic E-state index is 9.47. The summed E-state index contributed by atoms with van der Waals surface area (Å²) >= 11 is 0. The average molecular weight is 182 g/mol. The van der Waals surface area contributed by atoms with Gasteiger partial charge in [0.25, 0.3) is 0 Å². The highest BCUT2D eigenvalue weighted by molar-refractivity contribution is 5.08. The summed E-state index contributed by atoms with van der Waals surface area (Å²) in [6, 6.07) is 0. The highest BCUT2D eigenvalue weighted by atomic mass is 16.3. The molecule has 0 heterocycles. The lowest BCUT2D eigenvalue weighted by Crippen LogP contribution is -2.16. The van der Waals surface area contributed by atoms with Crippen LogP contribution in [0.5, 0.6) is 0 Å². The first-order chi connectivity index (χ1) is 6.16. The van der Waals surface area contributed by atoms with E-state index >= 15 is 0 Å². The zero-order chi connectivity index (χ0) is 9.73. The molecular weight excluding hydrogens is 164 g/mol. The summed E-state index contributed by atoms with van der Waals surface area (Å²) in [6.07, 6.45) is 4.50. The molecular formula is C11H18O2. The van der Waals surface area contributed by atoms with Crippen molar-refractivity contribution in [1.29, 1.82) is 0 Å². The van der Waals surface area contributed by atoms with E-state index < -0.39 is 11.7 Å². The number of aliphatic hydroxyl groups excluding tert-OH is 1. The molecule has 1 fully saturated rings. The summed E-state index contributed by atoms with van der Waals surface area (Å²) in [6.45, 7) is 2.12. The smallest absolute Gasteiger partial charge is 0.117 e. The maximum atomic E-state index is 9.47. The van der Waals surface area contributed by atoms with E-state index in [1.165, 1.54) is 0 Å². The molecule has 1 aliphatic carbocycles. The normalized spacial score (nSPS) is 20.2. The van der Waals surface area contributed by atoms with Crippen molar-refractivity contribution in [3.05, 3.63) is 0 Å². The van der Waals surface area contributed by atoms with Crippen molar-refractivity contribution in [3.8, 4) is 11.8 Å². The van der Waals surface area contributed by atoms with E-state index in [1.54, 1.807) is 0 Å². The molecule has 2 nitrogen and oxygen atoms in total. The van der Waals surface area contributed by atoms with Crippen molar-refractivity contribution in [1.82, 2.24) is 0 Å². The third-order valence-corrected chi connectivity index (χ3v) is 2.32. The van der Waals surface area contributed by atoms with Gasteiger partial charge in [0.1, 0.15) is 6.10 Å². The lowest BCUT2D eigenvalue weighted by Gasteiger charge is -2.07. The van der Waals surface area contributed by atoms with E-state index in [4.69, 9.17) is 0 Å². The fourth-order valence-corrected chi connectivity index (χ4v) is 1.21. The van der Waals surface area contributed by atoms with E-state index in [1.807, 2.05) is 0 Å². The Balaban J connectivity index is 2.14. The second-order valence-electron chi connectivity index (χ2n) is 3.87. The van der Waals surface area contributed by atoms with Crippen LogP contribution in [0.1, 0.15) is 45.4 Å². The van der Waals surface area contributed by atoms with Gasteiger partial charge < -0.3 is 10.2 Å². The van der Waals surface area contributed by atoms with Gasteiger partial charge in [0.15, 0.2) is 0 Å². The minimum atomic E-state index is -0.635. The largest absolute Gasteiger partial charge is 0.390 e. The summed E-state index contributed by atoms with van der Waals surface area (Å²) in [5.41, 5.74) is -0.584. The Hall–Kier alpha value is -0.520. The maximum Gasteiger partial charge on any atom is 0.117 e. The number of hydrogen-bond donors (Lipinski definition) is 2. The van der Waals surface area contributed by atoms with Gasteiger partial charge in [0.2, 0.25) is 0 Å². The van der Waals surface area contributed by atoms with Crippen molar-refractivity contribution < 1.29 is 10.2 Å². The SMILES string of the molecule is CCCCC#C[C@@H](O)CC1(O)CC1. The van der Waals surface area contributed by atoms with Crippen molar-refractivity contribution in [2.45, 2.75) is 57.2 Å². The molecule has 0 aromatic rings. The van der Waals surface area contributed by atoms with Crippen LogP contribution in [0.4, 0.5) is 0 Å². The van der Waals surface area contributed by atoms with Gasteiger partial charge in [-0.05, 0) is 19.3 Å². The first kappa shape index (κ1) is 10.6. The van der Waals surface area contributed by atoms with Crippen LogP contribution < -0.4 is 0 Å². The van der Waals surface area contributed by atoms with Gasteiger partial charge in [-0.1, -0.05) is 19.3 Å². The molecule has 0 aliphatic heterocycles. The molecule has 0 aromatic carbocycles. The summed E-state index contributed by atoms with van der Waals surface area (Å²) in [7, 11) is 0. The monoisotopic (exact) mass is 182 g/mol. The summed E-state index contributed by atoms with van der Waals surface area (Å²) in [5.74, 6) is 5.68. The molecule has 0 saturated heterocycles. The molecule has 13 heavy (non-hydrogen) atoms. The minimum Gasteiger partial charge on any atom is -0.390 e. The van der Waals surface area contributed by atoms with Crippen LogP contribution in [-0.2, 0) is 0 Å². The average Bonchev–Trinajstić information content (AvgIpc) is 2.77. The van der Waals surface area contributed by atoms with Crippen LogP contribution in [0.3, 0.4) is 0 Å². The van der Waals surface area contributed by atoms with Crippen LogP contribution >= 0.6 is 0 Å². The van der Waals surface area contributed by atoms with Crippen molar-refractivity contribution in [2.24, 2.45) is 0 Å². The van der Waals surface area contributed by atoms with Crippen LogP contribution in [0.15, 0.2) is 0 Å². The topological polar surface area (TPSA) is 40.5 Å². The van der Waals surface area contributed by atoms with Gasteiger partial charge in [-0.15, -0.1) is 5.92 Å². The summed E-state index contributed by atoms with van der Waals surface area (Å²) in [5, 5.41) is 18.9. The lowest BCUT2D eigenvalue weighted by atomic mass is 10.1. The summed E-state index contributed by atoms with van der Waals surface area (Å²) in [4.78, 5) is 0. The predicted octanol–water partition coefficient (Wildman–Crippen LogP) is 1.46. The molecule has 0 bridgehead atoms. The van der Waals surface area contributed by atoms with Gasteiger partial charge in [-0.2, -0.15) is 0 Å². The van der Waals surface area contributed by atoms with Crippen LogP contribution in [0, 0.1) is 11.8 Å². The number of hydrogen-bond acceptors (Lipinski definition) is 2. The quantitative estimate of drug-likeness (QED) is 0.510. The van der Waals surface area contributed by atoms with E-state index in [9.17, 15) is 10.2 Å². The molecule has 1 aliphatic rings. The second kappa shape index (κ2) is 4.64. The van der Waals surface area contributed by atoms with Crippen molar-refractivity contribution in [3.63, 3.8) is 0 Å². The predicted molar refractivity (Wildman–Crippen MR) is 52.1 cm³/mol. The lowest BCUT2D eigenvalue weighted by molar-refractivity contribution is 0.0890. The van der Waals surface area contributed by atoms with E-state index in [0.717, 1.165) is 32.1 Å². The highest BCUT2D eigenvalue weighted by Crippen LogP contribution is 2.39. The van der Waals surface area contributed by atoms with Gasteiger partial charge in [-0.25, -0.2) is 0 Å². The Morgan fingerprint density at radius 1 is 1.46 bits per heavy atom. The van der Waals surface area contributed by atoms with Gasteiger partial charge in [0.05, 0.1) is 5.60 Å². The third-order valence-electron chi connectivity index (χ3n) is 2.32. The molecule has 74 valence electrons. The van der Waals surface area contributed by atoms with Crippen LogP contribution in [0.2, 0.25) is 0 Å².